The third-order valence-electron chi connectivity index (χ3n) is 19.1. The first kappa shape index (κ1) is 95.5. The zero-order chi connectivity index (χ0) is 71.8. The van der Waals surface area contributed by atoms with Crippen LogP contribution in [0.3, 0.4) is 0 Å². The lowest BCUT2D eigenvalue weighted by atomic mass is 10.0. The SMILES string of the molecule is CC/C=C\C/C=C\C/C=C\C/C=C\C/C=C\C/C=C\CCCCCCCCCCCCCCCCCCCCCCCCC(=O)OC(COC(=O)CCCCCCCCCCCCCCCCCCCCCCC/C=C\CCCCCCCCCC)COC(OCC[N+](C)(C)C)C(=O)[O-]. The first-order valence-corrected chi connectivity index (χ1v) is 42.7. The number of aliphatic carboxylic acids is 1. The number of quaternary nitrogens is 1. The minimum absolute atomic E-state index is 0.149. The Balaban J connectivity index is 3.94. The van der Waals surface area contributed by atoms with Gasteiger partial charge in [0.2, 0.25) is 0 Å². The molecule has 0 N–H and O–H groups in total. The number of nitrogens with zero attached hydrogens (tertiary/aromatic N) is 1. The van der Waals surface area contributed by atoms with Crippen molar-refractivity contribution in [3.63, 3.8) is 0 Å². The molecular weight excluding hydrogens is 1220 g/mol. The number of likely N-dealkylation sites (N-methyl/N-ethyl adjacent to an activating group) is 1. The second kappa shape index (κ2) is 80.2. The van der Waals surface area contributed by atoms with Gasteiger partial charge in [0.15, 0.2) is 12.4 Å². The Morgan fingerprint density at radius 2 is 0.576 bits per heavy atom. The number of allylic oxidation sites excluding steroid dienone is 14. The topological polar surface area (TPSA) is 111 Å². The van der Waals surface area contributed by atoms with Crippen LogP contribution in [-0.4, -0.2) is 82.3 Å². The number of carboxylic acid groups (broad SMARTS) is 1. The molecule has 0 aromatic rings. The molecule has 9 nitrogen and oxygen atoms in total. The summed E-state index contributed by atoms with van der Waals surface area (Å²) < 4.78 is 22.9. The summed E-state index contributed by atoms with van der Waals surface area (Å²) >= 11 is 0. The van der Waals surface area contributed by atoms with E-state index in [9.17, 15) is 19.5 Å². The van der Waals surface area contributed by atoms with Gasteiger partial charge < -0.3 is 33.3 Å². The third-order valence-corrected chi connectivity index (χ3v) is 19.1. The van der Waals surface area contributed by atoms with Crippen molar-refractivity contribution in [3.8, 4) is 0 Å². The van der Waals surface area contributed by atoms with Gasteiger partial charge in [0, 0.05) is 12.8 Å². The van der Waals surface area contributed by atoms with E-state index in [1.165, 1.54) is 308 Å². The fraction of sp³-hybridized carbons (Fsp3) is 0.811. The van der Waals surface area contributed by atoms with Gasteiger partial charge in [-0.2, -0.15) is 0 Å². The molecule has 0 aliphatic heterocycles. The van der Waals surface area contributed by atoms with Crippen LogP contribution in [0.4, 0.5) is 0 Å². The standard InChI is InChI=1S/C90H163NO8/c1-6-8-10-12-14-16-18-20-22-24-26-28-30-32-34-36-38-40-41-42-43-44-45-46-47-49-51-53-55-57-59-61-63-65-67-69-71-73-75-77-79-81-88(93)99-86(85-98-90(89(94)95)96-83-82-91(3,4)5)84-97-87(92)80-78-76-74-72-70-68-66-64-62-60-58-56-54-52-50-48-39-37-35-33-31-29-27-25-23-21-19-17-15-13-11-9-7-2/h8,10,14,16,20,22,25-28,32,34,38,40,86,90H,6-7,9,11-13,15,17-19,21,23-24,29-31,33,35-37,39,41-85H2,1-5H3/b10-8-,16-14-,22-20-,27-25-,28-26-,34-32-,40-38-. The molecule has 2 unspecified atom stereocenters. The zero-order valence-corrected chi connectivity index (χ0v) is 66.1. The van der Waals surface area contributed by atoms with Crippen molar-refractivity contribution in [2.45, 2.75) is 424 Å². The Hall–Kier alpha value is -3.53. The second-order valence-electron chi connectivity index (χ2n) is 30.1. The van der Waals surface area contributed by atoms with Gasteiger partial charge in [0.25, 0.3) is 0 Å². The molecule has 0 aliphatic rings. The number of hydrogen-bond donors (Lipinski definition) is 0. The van der Waals surface area contributed by atoms with E-state index in [1.807, 2.05) is 21.1 Å². The highest BCUT2D eigenvalue weighted by Crippen LogP contribution is 2.20. The summed E-state index contributed by atoms with van der Waals surface area (Å²) in [7, 11) is 5.95. The van der Waals surface area contributed by atoms with Gasteiger partial charge in [-0.1, -0.05) is 394 Å². The molecule has 0 heterocycles. The van der Waals surface area contributed by atoms with Crippen molar-refractivity contribution >= 4 is 17.9 Å². The third kappa shape index (κ3) is 81.6. The van der Waals surface area contributed by atoms with Gasteiger partial charge in [0.1, 0.15) is 13.2 Å². The highest BCUT2D eigenvalue weighted by atomic mass is 16.7. The van der Waals surface area contributed by atoms with Crippen molar-refractivity contribution in [3.05, 3.63) is 85.1 Å². The molecule has 0 aromatic heterocycles. The Bertz CT molecular complexity index is 1910. The number of hydrogen-bond acceptors (Lipinski definition) is 8. The minimum Gasteiger partial charge on any atom is -0.545 e. The smallest absolute Gasteiger partial charge is 0.306 e. The van der Waals surface area contributed by atoms with Crippen LogP contribution in [0.2, 0.25) is 0 Å². The lowest BCUT2D eigenvalue weighted by Crippen LogP contribution is -2.44. The van der Waals surface area contributed by atoms with Crippen LogP contribution in [0, 0.1) is 0 Å². The maximum atomic E-state index is 13.0. The summed E-state index contributed by atoms with van der Waals surface area (Å²) in [5.41, 5.74) is 0. The lowest BCUT2D eigenvalue weighted by Gasteiger charge is -2.26. The van der Waals surface area contributed by atoms with E-state index in [1.54, 1.807) is 0 Å². The lowest BCUT2D eigenvalue weighted by molar-refractivity contribution is -0.870. The molecule has 0 saturated heterocycles. The quantitative estimate of drug-likeness (QED) is 0.0195. The Kier molecular flexibility index (Phi) is 77.3. The fourth-order valence-corrected chi connectivity index (χ4v) is 12.7. The number of carbonyl (C=O) groups excluding carboxylic acids is 3. The number of unbranched alkanes of at least 4 members (excludes halogenated alkanes) is 51. The summed E-state index contributed by atoms with van der Waals surface area (Å²) in [5, 5.41) is 11.9. The van der Waals surface area contributed by atoms with Crippen LogP contribution in [0.15, 0.2) is 85.1 Å². The van der Waals surface area contributed by atoms with Gasteiger partial charge in [-0.25, -0.2) is 0 Å². The minimum atomic E-state index is -1.62. The van der Waals surface area contributed by atoms with Crippen LogP contribution in [0.5, 0.6) is 0 Å². The molecule has 9 heteroatoms. The summed E-state index contributed by atoms with van der Waals surface area (Å²) in [4.78, 5) is 37.7. The van der Waals surface area contributed by atoms with Gasteiger partial charge in [-0.05, 0) is 89.9 Å². The molecule has 2 atom stereocenters. The average molecular weight is 1390 g/mol. The molecule has 0 amide bonds. The Labute approximate surface area is 614 Å². The second-order valence-corrected chi connectivity index (χ2v) is 30.1. The molecule has 0 spiro atoms. The summed E-state index contributed by atoms with van der Waals surface area (Å²) in [6, 6.07) is 0. The van der Waals surface area contributed by atoms with Crippen LogP contribution < -0.4 is 5.11 Å². The van der Waals surface area contributed by atoms with Gasteiger partial charge in [0.05, 0.1) is 40.3 Å². The molecule has 0 bridgehead atoms. The van der Waals surface area contributed by atoms with E-state index in [0.29, 0.717) is 23.9 Å². The van der Waals surface area contributed by atoms with Crippen molar-refractivity contribution in [2.75, 3.05) is 47.5 Å². The molecule has 0 aliphatic carbocycles. The van der Waals surface area contributed by atoms with Crippen LogP contribution in [0.1, 0.15) is 412 Å². The van der Waals surface area contributed by atoms with Crippen LogP contribution >= 0.6 is 0 Å². The molecule has 99 heavy (non-hydrogen) atoms. The van der Waals surface area contributed by atoms with Crippen molar-refractivity contribution in [1.29, 1.82) is 0 Å². The van der Waals surface area contributed by atoms with E-state index < -0.39 is 24.3 Å². The molecule has 576 valence electrons. The predicted octanol–water partition coefficient (Wildman–Crippen LogP) is 26.4. The molecule has 0 saturated carbocycles. The maximum Gasteiger partial charge on any atom is 0.306 e. The van der Waals surface area contributed by atoms with Crippen LogP contribution in [0.25, 0.3) is 0 Å². The molecule has 0 aromatic carbocycles. The monoisotopic (exact) mass is 1390 g/mol. The van der Waals surface area contributed by atoms with Gasteiger partial charge >= 0.3 is 11.9 Å². The fourth-order valence-electron chi connectivity index (χ4n) is 12.7. The van der Waals surface area contributed by atoms with Crippen molar-refractivity contribution in [2.24, 2.45) is 0 Å². The van der Waals surface area contributed by atoms with E-state index >= 15 is 0 Å². The van der Waals surface area contributed by atoms with E-state index in [0.717, 1.165) is 70.6 Å². The number of carbonyl (C=O) groups is 3. The van der Waals surface area contributed by atoms with Gasteiger partial charge in [-0.3, -0.25) is 9.59 Å². The predicted molar refractivity (Wildman–Crippen MR) is 426 cm³/mol. The van der Waals surface area contributed by atoms with E-state index in [-0.39, 0.29) is 32.2 Å². The van der Waals surface area contributed by atoms with Crippen molar-refractivity contribution < 1.29 is 42.9 Å². The number of carboxylic acids is 1. The van der Waals surface area contributed by atoms with Crippen LogP contribution in [-0.2, 0) is 33.3 Å². The molecule has 0 rings (SSSR count). The normalized spacial score (nSPS) is 13.0. The Morgan fingerprint density at radius 1 is 0.313 bits per heavy atom. The average Bonchev–Trinajstić information content (AvgIpc) is 2.62. The summed E-state index contributed by atoms with van der Waals surface area (Å²) in [5.74, 6) is -2.25. The highest BCUT2D eigenvalue weighted by Gasteiger charge is 2.22. The maximum absolute atomic E-state index is 13.0. The van der Waals surface area contributed by atoms with Crippen molar-refractivity contribution in [1.82, 2.24) is 0 Å². The highest BCUT2D eigenvalue weighted by molar-refractivity contribution is 5.70. The van der Waals surface area contributed by atoms with E-state index in [2.05, 4.69) is 98.9 Å². The number of ether oxygens (including phenoxy) is 4. The molecule has 0 fully saturated rings. The molecular formula is C90H163NO8. The van der Waals surface area contributed by atoms with E-state index in [4.69, 9.17) is 18.9 Å². The number of rotatable bonds is 80. The Morgan fingerprint density at radius 3 is 0.869 bits per heavy atom. The summed E-state index contributed by atoms with van der Waals surface area (Å²) in [6.07, 6.45) is 107. The summed E-state index contributed by atoms with van der Waals surface area (Å²) in [6.45, 7) is 4.70. The first-order valence-electron chi connectivity index (χ1n) is 42.7. The first-order chi connectivity index (χ1) is 48.6. The largest absolute Gasteiger partial charge is 0.545 e. The van der Waals surface area contributed by atoms with Gasteiger partial charge in [-0.15, -0.1) is 0 Å². The molecule has 0 radical (unpaired) electrons. The zero-order valence-electron chi connectivity index (χ0n) is 66.1. The number of esters is 2.